The van der Waals surface area contributed by atoms with Gasteiger partial charge in [0.2, 0.25) is 5.88 Å². The zero-order chi connectivity index (χ0) is 30.8. The number of hydrogen-bond acceptors (Lipinski definition) is 8. The number of rotatable bonds is 12. The Balaban J connectivity index is 1.10. The molecular formula is C32H35F2N5O5. The van der Waals surface area contributed by atoms with E-state index in [2.05, 4.69) is 26.4 Å². The quantitative estimate of drug-likeness (QED) is 0.227. The zero-order valence-electron chi connectivity index (χ0n) is 24.7. The van der Waals surface area contributed by atoms with Gasteiger partial charge in [-0.05, 0) is 69.9 Å². The minimum absolute atomic E-state index is 0.0263. The van der Waals surface area contributed by atoms with Crippen LogP contribution in [0.2, 0.25) is 0 Å². The number of imidazole rings is 1. The van der Waals surface area contributed by atoms with Gasteiger partial charge in [-0.2, -0.15) is 4.98 Å². The van der Waals surface area contributed by atoms with Crippen molar-refractivity contribution in [3.05, 3.63) is 77.5 Å². The largest absolute Gasteiger partial charge is 0.483 e. The number of carbonyl (C=O) groups is 1. The van der Waals surface area contributed by atoms with Crippen LogP contribution < -0.4 is 9.47 Å². The molecule has 1 N–H and O–H groups in total. The Bertz CT molecular complexity index is 1640. The molecule has 232 valence electrons. The number of halogens is 2. The molecule has 6 rings (SSSR count). The molecule has 2 aliphatic rings. The molecule has 3 heterocycles. The van der Waals surface area contributed by atoms with Gasteiger partial charge < -0.3 is 23.9 Å². The van der Waals surface area contributed by atoms with Crippen LogP contribution in [-0.4, -0.2) is 66.4 Å². The van der Waals surface area contributed by atoms with Crippen LogP contribution in [0.3, 0.4) is 0 Å². The van der Waals surface area contributed by atoms with Gasteiger partial charge >= 0.3 is 5.97 Å². The third-order valence-corrected chi connectivity index (χ3v) is 7.99. The second-order valence-electron chi connectivity index (χ2n) is 11.6. The first-order valence-corrected chi connectivity index (χ1v) is 14.9. The summed E-state index contributed by atoms with van der Waals surface area (Å²) in [5.41, 5.74) is 1.79. The predicted octanol–water partition coefficient (Wildman–Crippen LogP) is 5.38. The summed E-state index contributed by atoms with van der Waals surface area (Å²) in [4.78, 5) is 27.5. The third-order valence-electron chi connectivity index (χ3n) is 7.99. The highest BCUT2D eigenvalue weighted by Gasteiger charge is 2.30. The van der Waals surface area contributed by atoms with Gasteiger partial charge in [0.15, 0.2) is 17.4 Å². The number of carboxylic acids is 1. The second kappa shape index (κ2) is 12.8. The van der Waals surface area contributed by atoms with E-state index in [1.165, 1.54) is 6.07 Å². The molecule has 10 nitrogen and oxygen atoms in total. The molecule has 3 atom stereocenters. The van der Waals surface area contributed by atoms with Crippen LogP contribution in [0.5, 0.6) is 11.6 Å². The van der Waals surface area contributed by atoms with Crippen molar-refractivity contribution in [3.63, 3.8) is 0 Å². The Morgan fingerprint density at radius 3 is 2.68 bits per heavy atom. The first kappa shape index (κ1) is 29.9. The summed E-state index contributed by atoms with van der Waals surface area (Å²) < 4.78 is 46.9. The summed E-state index contributed by atoms with van der Waals surface area (Å²) in [5.74, 6) is -0.917. The maximum absolute atomic E-state index is 13.9. The average molecular weight is 608 g/mol. The van der Waals surface area contributed by atoms with Gasteiger partial charge in [0.05, 0.1) is 41.9 Å². The third kappa shape index (κ3) is 7.13. The molecule has 2 fully saturated rings. The Hall–Kier alpha value is -4.16. The van der Waals surface area contributed by atoms with E-state index >= 15 is 0 Å². The van der Waals surface area contributed by atoms with E-state index in [4.69, 9.17) is 19.2 Å². The Morgan fingerprint density at radius 1 is 1.09 bits per heavy atom. The molecule has 4 aromatic rings. The van der Waals surface area contributed by atoms with Crippen LogP contribution >= 0.6 is 0 Å². The van der Waals surface area contributed by atoms with Crippen LogP contribution in [0, 0.1) is 11.6 Å². The van der Waals surface area contributed by atoms with Gasteiger partial charge in [0.25, 0.3) is 0 Å². The first-order valence-electron chi connectivity index (χ1n) is 14.9. The number of nitrogens with zero attached hydrogens (tertiary/aromatic N) is 5. The highest BCUT2D eigenvalue weighted by molar-refractivity contribution is 5.92. The summed E-state index contributed by atoms with van der Waals surface area (Å²) >= 11 is 0. The van der Waals surface area contributed by atoms with Crippen LogP contribution in [-0.2, 0) is 24.4 Å². The van der Waals surface area contributed by atoms with Gasteiger partial charge in [-0.15, -0.1) is 0 Å². The molecule has 12 heteroatoms. The molecule has 1 aliphatic carbocycles. The summed E-state index contributed by atoms with van der Waals surface area (Å²) in [7, 11) is 0. The molecule has 1 saturated carbocycles. The fourth-order valence-corrected chi connectivity index (χ4v) is 5.58. The normalized spacial score (nSPS) is 19.6. The summed E-state index contributed by atoms with van der Waals surface area (Å²) in [6.07, 6.45) is 5.49. The zero-order valence-corrected chi connectivity index (χ0v) is 24.7. The highest BCUT2D eigenvalue weighted by Crippen LogP contribution is 2.28. The molecule has 1 unspecified atom stereocenters. The maximum atomic E-state index is 13.9. The Morgan fingerprint density at radius 2 is 1.93 bits per heavy atom. The van der Waals surface area contributed by atoms with E-state index in [1.54, 1.807) is 30.5 Å². The van der Waals surface area contributed by atoms with Gasteiger partial charge in [-0.3, -0.25) is 4.90 Å². The number of fused-ring (bicyclic) bond motifs is 1. The standard InChI is InChI=1S/C32H35F2N5O5/c1-19-13-24(44-31-9-11-35-29(37-31)18-42-28-8-4-22(33)15-25(28)34)10-12-38(19)17-30-36-26-7-3-21(32(40)41)14-27(26)39(30)16-20(2)43-23-5-6-23/h3-4,7-9,11,14-15,19-20,23-24H,5-6,10,12-13,16-18H2,1-2H3,(H,40,41)/t19-,20+,24?/m0/s1. The summed E-state index contributed by atoms with van der Waals surface area (Å²) in [6.45, 7) is 6.08. The number of aromatic nitrogens is 4. The number of piperidine rings is 1. The molecule has 2 aromatic heterocycles. The molecule has 1 aliphatic heterocycles. The smallest absolute Gasteiger partial charge is 0.335 e. The molecule has 0 amide bonds. The number of likely N-dealkylation sites (tertiary alicyclic amines) is 1. The van der Waals surface area contributed by atoms with Crippen molar-refractivity contribution in [2.45, 2.75) is 83.6 Å². The van der Waals surface area contributed by atoms with Crippen molar-refractivity contribution in [3.8, 4) is 11.6 Å². The van der Waals surface area contributed by atoms with Gasteiger partial charge in [0.1, 0.15) is 24.4 Å². The minimum atomic E-state index is -0.968. The monoisotopic (exact) mass is 607 g/mol. The molecule has 0 radical (unpaired) electrons. The van der Waals surface area contributed by atoms with Gasteiger partial charge in [-0.1, -0.05) is 0 Å². The van der Waals surface area contributed by atoms with Crippen molar-refractivity contribution in [1.82, 2.24) is 24.4 Å². The number of aromatic carboxylic acids is 1. The lowest BCUT2D eigenvalue weighted by molar-refractivity contribution is 0.0383. The number of carboxylic acid groups (broad SMARTS) is 1. The molecule has 0 spiro atoms. The average Bonchev–Trinajstić information content (AvgIpc) is 3.74. The van der Waals surface area contributed by atoms with Crippen molar-refractivity contribution in [2.24, 2.45) is 0 Å². The van der Waals surface area contributed by atoms with Gasteiger partial charge in [0, 0.05) is 30.9 Å². The van der Waals surface area contributed by atoms with E-state index in [9.17, 15) is 18.7 Å². The maximum Gasteiger partial charge on any atom is 0.335 e. The van der Waals surface area contributed by atoms with Crippen molar-refractivity contribution in [1.29, 1.82) is 0 Å². The molecule has 0 bridgehead atoms. The highest BCUT2D eigenvalue weighted by atomic mass is 19.1. The SMILES string of the molecule is C[C@H](Cn1c(CN2CCC(Oc3ccnc(COc4ccc(F)cc4F)n3)C[C@@H]2C)nc2ccc(C(=O)O)cc21)OC1CC1. The summed E-state index contributed by atoms with van der Waals surface area (Å²) in [6, 6.07) is 10.0. The lowest BCUT2D eigenvalue weighted by atomic mass is 10.0. The van der Waals surface area contributed by atoms with E-state index in [-0.39, 0.29) is 36.2 Å². The Kier molecular flexibility index (Phi) is 8.72. The van der Waals surface area contributed by atoms with E-state index < -0.39 is 17.6 Å². The van der Waals surface area contributed by atoms with Crippen LogP contribution in [0.4, 0.5) is 8.78 Å². The molecular weight excluding hydrogens is 572 g/mol. The molecule has 44 heavy (non-hydrogen) atoms. The van der Waals surface area contributed by atoms with Crippen LogP contribution in [0.15, 0.2) is 48.7 Å². The van der Waals surface area contributed by atoms with E-state index in [0.717, 1.165) is 61.2 Å². The van der Waals surface area contributed by atoms with E-state index in [1.807, 2.05) is 6.92 Å². The predicted molar refractivity (Wildman–Crippen MR) is 157 cm³/mol. The summed E-state index contributed by atoms with van der Waals surface area (Å²) in [5, 5.41) is 9.57. The van der Waals surface area contributed by atoms with Crippen molar-refractivity contribution >= 4 is 17.0 Å². The van der Waals surface area contributed by atoms with Crippen molar-refractivity contribution in [2.75, 3.05) is 6.54 Å². The van der Waals surface area contributed by atoms with E-state index in [0.29, 0.717) is 30.9 Å². The number of hydrogen-bond donors (Lipinski definition) is 1. The number of ether oxygens (including phenoxy) is 3. The van der Waals surface area contributed by atoms with Crippen LogP contribution in [0.25, 0.3) is 11.0 Å². The van der Waals surface area contributed by atoms with Crippen LogP contribution in [0.1, 0.15) is 61.5 Å². The fourth-order valence-electron chi connectivity index (χ4n) is 5.58. The first-order chi connectivity index (χ1) is 21.2. The number of benzene rings is 2. The lowest BCUT2D eigenvalue weighted by Crippen LogP contribution is -2.44. The van der Waals surface area contributed by atoms with Crippen molar-refractivity contribution < 1.29 is 32.9 Å². The van der Waals surface area contributed by atoms with Gasteiger partial charge in [-0.25, -0.2) is 23.5 Å². The molecule has 2 aromatic carbocycles. The topological polar surface area (TPSA) is 112 Å². The Labute approximate surface area is 253 Å². The lowest BCUT2D eigenvalue weighted by Gasteiger charge is -2.37. The fraction of sp³-hybridized carbons (Fsp3) is 0.438. The molecule has 1 saturated heterocycles. The minimum Gasteiger partial charge on any atom is -0.483 e. The second-order valence-corrected chi connectivity index (χ2v) is 11.6.